The summed E-state index contributed by atoms with van der Waals surface area (Å²) in [5, 5.41) is 16.9. The molecule has 4 heterocycles. The average Bonchev–Trinajstić information content (AvgIpc) is 3.30. The number of hydrogen-bond acceptors (Lipinski definition) is 7. The van der Waals surface area contributed by atoms with E-state index >= 15 is 0 Å². The van der Waals surface area contributed by atoms with Gasteiger partial charge in [-0.15, -0.1) is 11.8 Å². The Labute approximate surface area is 155 Å². The first kappa shape index (κ1) is 17.3. The van der Waals surface area contributed by atoms with Crippen molar-refractivity contribution in [1.29, 1.82) is 0 Å². The molecule has 2 aromatic rings. The zero-order valence-electron chi connectivity index (χ0n) is 14.5. The van der Waals surface area contributed by atoms with E-state index < -0.39 is 0 Å². The fraction of sp³-hybridized carbons (Fsp3) is 0.471. The third-order valence-electron chi connectivity index (χ3n) is 4.80. The largest absolute Gasteiger partial charge is 0.392 e. The van der Waals surface area contributed by atoms with Crippen LogP contribution in [0.3, 0.4) is 0 Å². The summed E-state index contributed by atoms with van der Waals surface area (Å²) in [7, 11) is 0. The van der Waals surface area contributed by atoms with E-state index in [2.05, 4.69) is 25.6 Å². The number of hydrogen-bond donors (Lipinski definition) is 4. The number of thioether (sulfide) groups is 1. The van der Waals surface area contributed by atoms with Crippen LogP contribution in [0.2, 0.25) is 0 Å². The minimum absolute atomic E-state index is 0.0491. The monoisotopic (exact) mass is 374 g/mol. The molecule has 138 valence electrons. The highest BCUT2D eigenvalue weighted by atomic mass is 32.2. The summed E-state index contributed by atoms with van der Waals surface area (Å²) < 4.78 is 0. The molecule has 26 heavy (non-hydrogen) atoms. The van der Waals surface area contributed by atoms with Gasteiger partial charge in [-0.2, -0.15) is 0 Å². The van der Waals surface area contributed by atoms with Crippen LogP contribution in [-0.2, 0) is 4.79 Å². The van der Waals surface area contributed by atoms with Crippen LogP contribution in [0.25, 0.3) is 11.0 Å². The van der Waals surface area contributed by atoms with Gasteiger partial charge in [0.2, 0.25) is 0 Å². The van der Waals surface area contributed by atoms with Crippen molar-refractivity contribution >= 4 is 34.5 Å². The lowest BCUT2D eigenvalue weighted by Gasteiger charge is -2.27. The van der Waals surface area contributed by atoms with Crippen LogP contribution in [0.4, 0.5) is 5.82 Å². The highest BCUT2D eigenvalue weighted by molar-refractivity contribution is 8.04. The van der Waals surface area contributed by atoms with E-state index in [-0.39, 0.29) is 24.1 Å². The number of amides is 1. The summed E-state index contributed by atoms with van der Waals surface area (Å²) in [5.74, 6) is 1.52. The Balaban J connectivity index is 1.49. The first-order chi connectivity index (χ1) is 12.6. The molecule has 1 amide bonds. The lowest BCUT2D eigenvalue weighted by molar-refractivity contribution is -0.117. The number of aliphatic hydroxyl groups excluding tert-OH is 1. The Morgan fingerprint density at radius 1 is 1.50 bits per heavy atom. The van der Waals surface area contributed by atoms with Crippen molar-refractivity contribution in [1.82, 2.24) is 25.6 Å². The maximum absolute atomic E-state index is 12.7. The van der Waals surface area contributed by atoms with Crippen molar-refractivity contribution in [2.75, 3.05) is 23.7 Å². The smallest absolute Gasteiger partial charge is 0.259 e. The van der Waals surface area contributed by atoms with Crippen molar-refractivity contribution in [2.45, 2.75) is 31.5 Å². The normalized spacial score (nSPS) is 24.5. The fourth-order valence-electron chi connectivity index (χ4n) is 3.38. The third kappa shape index (κ3) is 3.42. The molecule has 0 aliphatic carbocycles. The minimum Gasteiger partial charge on any atom is -0.392 e. The van der Waals surface area contributed by atoms with Crippen LogP contribution < -0.4 is 15.5 Å². The molecule has 2 aliphatic rings. The molecule has 0 saturated carbocycles. The molecular formula is C17H22N6O2S. The number of rotatable bonds is 4. The topological polar surface area (TPSA) is 106 Å². The molecule has 4 rings (SSSR count). The number of nitrogens with one attached hydrogen (secondary N) is 3. The number of aliphatic hydroxyl groups is 1. The number of carbonyl (C=O) groups excluding carboxylic acids is 1. The van der Waals surface area contributed by atoms with Crippen LogP contribution >= 0.6 is 11.8 Å². The molecule has 4 N–H and O–H groups in total. The summed E-state index contributed by atoms with van der Waals surface area (Å²) in [5.41, 5.74) is 0.784. The number of carbonyl (C=O) groups is 1. The van der Waals surface area contributed by atoms with Crippen LogP contribution in [-0.4, -0.2) is 63.0 Å². The summed E-state index contributed by atoms with van der Waals surface area (Å²) >= 11 is 1.55. The highest BCUT2D eigenvalue weighted by Crippen LogP contribution is 2.29. The Morgan fingerprint density at radius 3 is 3.19 bits per heavy atom. The maximum Gasteiger partial charge on any atom is 0.259 e. The van der Waals surface area contributed by atoms with E-state index in [1.54, 1.807) is 11.8 Å². The van der Waals surface area contributed by atoms with Crippen molar-refractivity contribution in [3.05, 3.63) is 29.7 Å². The van der Waals surface area contributed by atoms with Gasteiger partial charge in [0.15, 0.2) is 0 Å². The molecular weight excluding hydrogens is 352 g/mol. The molecule has 1 saturated heterocycles. The van der Waals surface area contributed by atoms with E-state index in [1.807, 2.05) is 30.3 Å². The van der Waals surface area contributed by atoms with Gasteiger partial charge in [0.25, 0.3) is 5.91 Å². The minimum atomic E-state index is -0.334. The molecule has 0 aromatic carbocycles. The predicted octanol–water partition coefficient (Wildman–Crippen LogP) is 0.580. The summed E-state index contributed by atoms with van der Waals surface area (Å²) in [6.07, 6.45) is 5.56. The second-order valence-corrected chi connectivity index (χ2v) is 7.78. The third-order valence-corrected chi connectivity index (χ3v) is 5.78. The lowest BCUT2D eigenvalue weighted by atomic mass is 10.1. The second kappa shape index (κ2) is 7.26. The van der Waals surface area contributed by atoms with Gasteiger partial charge in [-0.3, -0.25) is 4.79 Å². The number of fused-ring (bicyclic) bond motifs is 1. The van der Waals surface area contributed by atoms with Gasteiger partial charge in [0, 0.05) is 43.3 Å². The van der Waals surface area contributed by atoms with Gasteiger partial charge < -0.3 is 25.6 Å². The molecule has 8 nitrogen and oxygen atoms in total. The van der Waals surface area contributed by atoms with Gasteiger partial charge in [0.05, 0.1) is 16.4 Å². The van der Waals surface area contributed by atoms with Crippen LogP contribution in [0.15, 0.2) is 29.7 Å². The van der Waals surface area contributed by atoms with E-state index in [9.17, 15) is 9.90 Å². The molecule has 0 bridgehead atoms. The van der Waals surface area contributed by atoms with Crippen LogP contribution in [0.1, 0.15) is 13.3 Å². The number of H-pyrrole nitrogens is 1. The Kier molecular flexibility index (Phi) is 4.84. The highest BCUT2D eigenvalue weighted by Gasteiger charge is 2.29. The van der Waals surface area contributed by atoms with Gasteiger partial charge in [-0.1, -0.05) is 0 Å². The first-order valence-electron chi connectivity index (χ1n) is 8.73. The Morgan fingerprint density at radius 2 is 2.38 bits per heavy atom. The van der Waals surface area contributed by atoms with Gasteiger partial charge in [0.1, 0.15) is 17.8 Å². The molecule has 0 radical (unpaired) electrons. The van der Waals surface area contributed by atoms with Crippen LogP contribution in [0.5, 0.6) is 0 Å². The van der Waals surface area contributed by atoms with Crippen molar-refractivity contribution in [3.63, 3.8) is 0 Å². The first-order valence-corrected chi connectivity index (χ1v) is 9.72. The SMILES string of the molecule is CC(NC(=O)C1=CN(c2ncnc3[nH]ccc23)CCS1)[C@@H]1C[C@H](O)CN1. The Hall–Kier alpha value is -2.10. The molecule has 1 fully saturated rings. The Bertz CT molecular complexity index is 838. The number of anilines is 1. The van der Waals surface area contributed by atoms with Crippen molar-refractivity contribution in [2.24, 2.45) is 0 Å². The van der Waals surface area contributed by atoms with Gasteiger partial charge in [-0.25, -0.2) is 9.97 Å². The van der Waals surface area contributed by atoms with Crippen LogP contribution in [0, 0.1) is 0 Å². The van der Waals surface area contributed by atoms with E-state index in [4.69, 9.17) is 0 Å². The lowest BCUT2D eigenvalue weighted by Crippen LogP contribution is -2.46. The number of nitrogens with zero attached hydrogens (tertiary/aromatic N) is 3. The average molecular weight is 374 g/mol. The molecule has 1 unspecified atom stereocenters. The number of aromatic amines is 1. The second-order valence-electron chi connectivity index (χ2n) is 6.64. The molecule has 2 aliphatic heterocycles. The van der Waals surface area contributed by atoms with E-state index in [1.165, 1.54) is 6.33 Å². The van der Waals surface area contributed by atoms with Gasteiger partial charge >= 0.3 is 0 Å². The van der Waals surface area contributed by atoms with E-state index in [0.29, 0.717) is 17.9 Å². The maximum atomic E-state index is 12.7. The van der Waals surface area contributed by atoms with Gasteiger partial charge in [-0.05, 0) is 19.4 Å². The summed E-state index contributed by atoms with van der Waals surface area (Å²) in [4.78, 5) is 27.1. The summed E-state index contributed by atoms with van der Waals surface area (Å²) in [6.45, 7) is 3.33. The predicted molar refractivity (Wildman–Crippen MR) is 102 cm³/mol. The molecule has 9 heteroatoms. The quantitative estimate of drug-likeness (QED) is 0.620. The molecule has 3 atom stereocenters. The van der Waals surface area contributed by atoms with Crippen molar-refractivity contribution < 1.29 is 9.90 Å². The zero-order valence-corrected chi connectivity index (χ0v) is 15.3. The number of β-amino-alcohol motifs (C(OH)–C–C–N with tert-alkyl or cyclic N) is 1. The molecule has 0 spiro atoms. The van der Waals surface area contributed by atoms with Crippen molar-refractivity contribution in [3.8, 4) is 0 Å². The fourth-order valence-corrected chi connectivity index (χ4v) is 4.28. The zero-order chi connectivity index (χ0) is 18.1. The number of aromatic nitrogens is 3. The standard InChI is InChI=1S/C17H22N6O2S/c1-10(13-6-11(24)7-19-13)22-17(25)14-8-23(4-5-26-14)16-12-2-3-18-15(12)20-9-21-16/h2-3,8-11,13,19,24H,4-7H2,1H3,(H,22,25)(H,18,20,21)/t10?,11-,13-/m0/s1. The summed E-state index contributed by atoms with van der Waals surface area (Å²) in [6, 6.07) is 1.99. The van der Waals surface area contributed by atoms with E-state index in [0.717, 1.165) is 29.1 Å². The molecule has 2 aromatic heterocycles.